The zero-order valence-electron chi connectivity index (χ0n) is 11.2. The molecule has 1 aromatic rings. The molecule has 0 saturated heterocycles. The average molecular weight is 255 g/mol. The number of thiophene rings is 1. The van der Waals surface area contributed by atoms with Crippen LogP contribution in [0, 0.1) is 6.92 Å². The number of ether oxygens (including phenoxy) is 1. The van der Waals surface area contributed by atoms with Crippen LogP contribution in [0.3, 0.4) is 0 Å². The van der Waals surface area contributed by atoms with Crippen LogP contribution in [0.15, 0.2) is 10.8 Å². The minimum Gasteiger partial charge on any atom is -0.459 e. The lowest BCUT2D eigenvalue weighted by Gasteiger charge is -2.22. The van der Waals surface area contributed by atoms with Crippen molar-refractivity contribution in [2.45, 2.75) is 52.8 Å². The zero-order chi connectivity index (χ0) is 13.1. The summed E-state index contributed by atoms with van der Waals surface area (Å²) >= 11 is 1.68. The highest BCUT2D eigenvalue weighted by Gasteiger charge is 2.21. The summed E-state index contributed by atoms with van der Waals surface area (Å²) in [5.41, 5.74) is 2.08. The Balaban J connectivity index is 2.42. The zero-order valence-corrected chi connectivity index (χ0v) is 12.0. The van der Waals surface area contributed by atoms with Gasteiger partial charge in [-0.2, -0.15) is 11.3 Å². The molecule has 1 atom stereocenters. The monoisotopic (exact) mass is 255 g/mol. The van der Waals surface area contributed by atoms with Crippen molar-refractivity contribution in [3.63, 3.8) is 0 Å². The Morgan fingerprint density at radius 1 is 1.47 bits per heavy atom. The van der Waals surface area contributed by atoms with Gasteiger partial charge in [-0.05, 0) is 56.5 Å². The van der Waals surface area contributed by atoms with Gasteiger partial charge in [0.1, 0.15) is 11.6 Å². The number of carbonyl (C=O) groups excluding carboxylic acids is 1. The summed E-state index contributed by atoms with van der Waals surface area (Å²) in [4.78, 5) is 11.7. The third kappa shape index (κ3) is 4.88. The normalized spacial score (nSPS) is 13.5. The number of hydrogen-bond acceptors (Lipinski definition) is 4. The summed E-state index contributed by atoms with van der Waals surface area (Å²) < 4.78 is 5.30. The van der Waals surface area contributed by atoms with Crippen molar-refractivity contribution in [3.05, 3.63) is 21.9 Å². The first-order valence-electron chi connectivity index (χ1n) is 5.77. The van der Waals surface area contributed by atoms with Gasteiger partial charge in [0.05, 0.1) is 0 Å². The molecule has 0 fully saturated rings. The van der Waals surface area contributed by atoms with E-state index in [2.05, 4.69) is 23.0 Å². The van der Waals surface area contributed by atoms with Crippen molar-refractivity contribution in [2.75, 3.05) is 0 Å². The Morgan fingerprint density at radius 2 is 2.12 bits per heavy atom. The predicted octanol–water partition coefficient (Wildman–Crippen LogP) is 2.88. The minimum absolute atomic E-state index is 0.203. The summed E-state index contributed by atoms with van der Waals surface area (Å²) in [5.74, 6) is -0.203. The van der Waals surface area contributed by atoms with E-state index in [0.717, 1.165) is 0 Å². The Morgan fingerprint density at radius 3 is 2.59 bits per heavy atom. The first kappa shape index (κ1) is 14.2. The molecule has 1 unspecified atom stereocenters. The molecule has 0 spiro atoms. The van der Waals surface area contributed by atoms with E-state index in [1.54, 1.807) is 11.3 Å². The van der Waals surface area contributed by atoms with Crippen LogP contribution in [0.25, 0.3) is 0 Å². The fourth-order valence-corrected chi connectivity index (χ4v) is 2.16. The van der Waals surface area contributed by atoms with E-state index in [9.17, 15) is 4.79 Å². The maximum atomic E-state index is 11.7. The van der Waals surface area contributed by atoms with Gasteiger partial charge >= 0.3 is 5.97 Å². The first-order valence-corrected chi connectivity index (χ1v) is 6.72. The molecular weight excluding hydrogens is 234 g/mol. The van der Waals surface area contributed by atoms with E-state index in [4.69, 9.17) is 4.74 Å². The molecular formula is C13H21NO2S. The third-order valence-corrected chi connectivity index (χ3v) is 3.23. The smallest absolute Gasteiger partial charge is 0.323 e. The van der Waals surface area contributed by atoms with Crippen molar-refractivity contribution < 1.29 is 9.53 Å². The second kappa shape index (κ2) is 5.65. The molecule has 96 valence electrons. The molecule has 0 aliphatic heterocycles. The third-order valence-electron chi connectivity index (χ3n) is 2.32. The number of aryl methyl sites for hydroxylation is 1. The topological polar surface area (TPSA) is 38.3 Å². The molecule has 17 heavy (non-hydrogen) atoms. The van der Waals surface area contributed by atoms with Crippen LogP contribution in [0.1, 0.15) is 38.8 Å². The van der Waals surface area contributed by atoms with E-state index in [1.165, 1.54) is 11.1 Å². The number of rotatable bonds is 4. The number of hydrogen-bond donors (Lipinski definition) is 1. The quantitative estimate of drug-likeness (QED) is 0.841. The number of nitrogens with one attached hydrogen (secondary N) is 1. The molecule has 0 aliphatic carbocycles. The highest BCUT2D eigenvalue weighted by molar-refractivity contribution is 7.08. The van der Waals surface area contributed by atoms with Gasteiger partial charge < -0.3 is 10.1 Å². The van der Waals surface area contributed by atoms with E-state index in [1.807, 2.05) is 27.7 Å². The molecule has 0 aromatic carbocycles. The Hall–Kier alpha value is -0.870. The molecule has 1 rings (SSSR count). The van der Waals surface area contributed by atoms with Gasteiger partial charge in [0.25, 0.3) is 0 Å². The van der Waals surface area contributed by atoms with Crippen molar-refractivity contribution >= 4 is 17.3 Å². The molecule has 3 nitrogen and oxygen atoms in total. The van der Waals surface area contributed by atoms with E-state index in [-0.39, 0.29) is 12.0 Å². The fraction of sp³-hybridized carbons (Fsp3) is 0.615. The molecule has 0 aliphatic rings. The largest absolute Gasteiger partial charge is 0.459 e. The maximum Gasteiger partial charge on any atom is 0.323 e. The van der Waals surface area contributed by atoms with Crippen LogP contribution in [0.5, 0.6) is 0 Å². The van der Waals surface area contributed by atoms with Crippen LogP contribution < -0.4 is 5.32 Å². The van der Waals surface area contributed by atoms with E-state index >= 15 is 0 Å². The van der Waals surface area contributed by atoms with Crippen LogP contribution in [0.4, 0.5) is 0 Å². The summed E-state index contributed by atoms with van der Waals surface area (Å²) in [7, 11) is 0. The fourth-order valence-electron chi connectivity index (χ4n) is 1.30. The van der Waals surface area contributed by atoms with Gasteiger partial charge in [-0.15, -0.1) is 0 Å². The lowest BCUT2D eigenvalue weighted by molar-refractivity contribution is -0.157. The van der Waals surface area contributed by atoms with Gasteiger partial charge in [-0.25, -0.2) is 0 Å². The van der Waals surface area contributed by atoms with E-state index < -0.39 is 5.60 Å². The predicted molar refractivity (Wildman–Crippen MR) is 71.2 cm³/mol. The van der Waals surface area contributed by atoms with Crippen LogP contribution in [-0.4, -0.2) is 17.6 Å². The average Bonchev–Trinajstić information content (AvgIpc) is 2.57. The Kier molecular flexibility index (Phi) is 4.71. The number of carbonyl (C=O) groups is 1. The van der Waals surface area contributed by atoms with Crippen molar-refractivity contribution in [1.82, 2.24) is 5.32 Å². The molecule has 1 N–H and O–H groups in total. The maximum absolute atomic E-state index is 11.7. The minimum atomic E-state index is -0.425. The molecule has 0 saturated carbocycles. The molecule has 0 radical (unpaired) electrons. The van der Waals surface area contributed by atoms with Gasteiger partial charge in [0.2, 0.25) is 0 Å². The van der Waals surface area contributed by atoms with Crippen molar-refractivity contribution in [3.8, 4) is 0 Å². The molecule has 1 aromatic heterocycles. The second-order valence-corrected chi connectivity index (χ2v) is 5.96. The Bertz CT molecular complexity index is 379. The summed E-state index contributed by atoms with van der Waals surface area (Å²) in [6, 6.07) is -0.284. The summed E-state index contributed by atoms with van der Waals surface area (Å²) in [5, 5.41) is 7.39. The second-order valence-electron chi connectivity index (χ2n) is 5.22. The molecule has 0 amide bonds. The highest BCUT2D eigenvalue weighted by Crippen LogP contribution is 2.14. The van der Waals surface area contributed by atoms with Gasteiger partial charge in [0, 0.05) is 6.54 Å². The lowest BCUT2D eigenvalue weighted by Crippen LogP contribution is -2.38. The van der Waals surface area contributed by atoms with Crippen molar-refractivity contribution in [1.29, 1.82) is 0 Å². The molecule has 4 heteroatoms. The van der Waals surface area contributed by atoms with Gasteiger partial charge in [0.15, 0.2) is 0 Å². The summed E-state index contributed by atoms with van der Waals surface area (Å²) in [6.45, 7) is 10.2. The van der Waals surface area contributed by atoms with Crippen LogP contribution in [-0.2, 0) is 16.1 Å². The van der Waals surface area contributed by atoms with Crippen molar-refractivity contribution in [2.24, 2.45) is 0 Å². The summed E-state index contributed by atoms with van der Waals surface area (Å²) in [6.07, 6.45) is 0. The molecule has 1 heterocycles. The standard InChI is InChI=1S/C13H21NO2S/c1-9-7-17-8-11(9)6-14-10(2)12(15)16-13(3,4)5/h7-8,10,14H,6H2,1-5H3. The lowest BCUT2D eigenvalue weighted by atomic mass is 10.2. The van der Waals surface area contributed by atoms with Crippen LogP contribution >= 0.6 is 11.3 Å². The first-order chi connectivity index (χ1) is 7.79. The SMILES string of the molecule is Cc1cscc1CNC(C)C(=O)OC(C)(C)C. The molecule has 0 bridgehead atoms. The van der Waals surface area contributed by atoms with E-state index in [0.29, 0.717) is 6.54 Å². The Labute approximate surface area is 107 Å². The highest BCUT2D eigenvalue weighted by atomic mass is 32.1. The van der Waals surface area contributed by atoms with Crippen LogP contribution in [0.2, 0.25) is 0 Å². The van der Waals surface area contributed by atoms with Gasteiger partial charge in [-0.3, -0.25) is 4.79 Å². The number of esters is 1. The van der Waals surface area contributed by atoms with Gasteiger partial charge in [-0.1, -0.05) is 0 Å².